The van der Waals surface area contributed by atoms with E-state index in [0.717, 1.165) is 51.4 Å². The average Bonchev–Trinajstić information content (AvgIpc) is 2.35. The second-order valence-corrected chi connectivity index (χ2v) is 5.25. The lowest BCUT2D eigenvalue weighted by Gasteiger charge is -2.20. The molecule has 0 bridgehead atoms. The zero-order valence-corrected chi connectivity index (χ0v) is 11.3. The first-order valence-electron chi connectivity index (χ1n) is 6.99. The van der Waals surface area contributed by atoms with Crippen molar-refractivity contribution in [3.05, 3.63) is 0 Å². The molecule has 1 aliphatic rings. The van der Waals surface area contributed by atoms with Crippen LogP contribution in [0.3, 0.4) is 0 Å². The van der Waals surface area contributed by atoms with E-state index < -0.39 is 0 Å². The molecule has 0 unspecified atom stereocenters. The smallest absolute Gasteiger partial charge is 0.345 e. The quantitative estimate of drug-likeness (QED) is 0.747. The number of carbonyl (C=O) groups excluding carboxylic acids is 2. The first-order valence-corrected chi connectivity index (χ1v) is 6.99. The molecule has 0 spiro atoms. The van der Waals surface area contributed by atoms with Crippen LogP contribution >= 0.6 is 0 Å². The van der Waals surface area contributed by atoms with Gasteiger partial charge in [0.05, 0.1) is 0 Å². The molecule has 4 nitrogen and oxygen atoms in total. The summed E-state index contributed by atoms with van der Waals surface area (Å²) in [6.45, 7) is 1.70. The molecule has 0 heterocycles. The summed E-state index contributed by atoms with van der Waals surface area (Å²) in [5.74, 6) is 0.690. The fourth-order valence-electron chi connectivity index (χ4n) is 2.72. The molecule has 101 valence electrons. The molecule has 3 N–H and O–H groups in total. The maximum Gasteiger partial charge on any atom is 0.345 e. The second kappa shape index (κ2) is 8.30. The number of nitrogens with one attached hydrogen (secondary N) is 1. The monoisotopic (exact) mass is 251 g/mol. The molecule has 0 aromatic heterocycles. The van der Waals surface area contributed by atoms with Gasteiger partial charge in [0.1, 0.15) is 5.78 Å². The van der Waals surface area contributed by atoms with Crippen molar-refractivity contribution < 1.29 is 9.59 Å². The van der Waals surface area contributed by atoms with Crippen molar-refractivity contribution in [1.82, 2.24) is 5.23 Å². The lowest BCUT2D eigenvalue weighted by atomic mass is 9.86. The molecule has 0 aromatic rings. The van der Waals surface area contributed by atoms with Crippen molar-refractivity contribution in [2.45, 2.75) is 58.3 Å². The van der Waals surface area contributed by atoms with Gasteiger partial charge in [-0.3, -0.25) is 9.59 Å². The Morgan fingerprint density at radius 3 is 1.83 bits per heavy atom. The van der Waals surface area contributed by atoms with Gasteiger partial charge in [0.25, 0.3) is 0 Å². The van der Waals surface area contributed by atoms with Crippen LogP contribution in [0.1, 0.15) is 58.3 Å². The van der Waals surface area contributed by atoms with Gasteiger partial charge < -0.3 is 10.9 Å². The Hall–Kier alpha value is -0.835. The van der Waals surface area contributed by atoms with E-state index in [-0.39, 0.29) is 17.7 Å². The molecule has 1 radical (unpaired) electrons. The van der Waals surface area contributed by atoms with Gasteiger partial charge in [-0.2, -0.15) is 0 Å². The molecule has 0 saturated heterocycles. The topological polar surface area (TPSA) is 72.2 Å². The van der Waals surface area contributed by atoms with Crippen LogP contribution in [0, 0.1) is 11.8 Å². The molecular weight excluding hydrogens is 227 g/mol. The van der Waals surface area contributed by atoms with E-state index in [4.69, 9.17) is 5.64 Å². The van der Waals surface area contributed by atoms with Crippen LogP contribution in [0.25, 0.3) is 0 Å². The molecular formula is C13H24BN2O2. The van der Waals surface area contributed by atoms with Crippen molar-refractivity contribution in [1.29, 1.82) is 0 Å². The van der Waals surface area contributed by atoms with Crippen molar-refractivity contribution in [2.75, 3.05) is 0 Å². The van der Waals surface area contributed by atoms with Crippen LogP contribution in [0.4, 0.5) is 0 Å². The third-order valence-corrected chi connectivity index (χ3v) is 3.88. The van der Waals surface area contributed by atoms with Gasteiger partial charge in [0.2, 0.25) is 5.91 Å². The van der Waals surface area contributed by atoms with E-state index in [1.54, 1.807) is 6.92 Å². The summed E-state index contributed by atoms with van der Waals surface area (Å²) < 4.78 is 0. The summed E-state index contributed by atoms with van der Waals surface area (Å²) in [6, 6.07) is 0. The molecule has 1 fully saturated rings. The Bertz CT molecular complexity index is 272. The number of hydrogen-bond acceptors (Lipinski definition) is 3. The van der Waals surface area contributed by atoms with E-state index in [9.17, 15) is 9.59 Å². The van der Waals surface area contributed by atoms with Gasteiger partial charge in [0, 0.05) is 11.8 Å². The zero-order chi connectivity index (χ0) is 13.4. The van der Waals surface area contributed by atoms with Crippen LogP contribution < -0.4 is 10.9 Å². The number of rotatable bonds is 3. The normalized spacial score (nSPS) is 26.1. The fourth-order valence-corrected chi connectivity index (χ4v) is 2.72. The van der Waals surface area contributed by atoms with E-state index in [0.29, 0.717) is 5.78 Å². The number of nitrogens with two attached hydrogens (primary N) is 1. The Morgan fingerprint density at radius 1 is 1.00 bits per heavy atom. The van der Waals surface area contributed by atoms with Crippen LogP contribution in [0.5, 0.6) is 0 Å². The third kappa shape index (κ3) is 5.21. The first kappa shape index (κ1) is 15.2. The largest absolute Gasteiger partial charge is 0.388 e. The summed E-state index contributed by atoms with van der Waals surface area (Å²) in [6.07, 6.45) is 7.90. The Morgan fingerprint density at radius 2 is 1.44 bits per heavy atom. The van der Waals surface area contributed by atoms with E-state index in [2.05, 4.69) is 5.23 Å². The van der Waals surface area contributed by atoms with E-state index in [1.165, 1.54) is 7.55 Å². The lowest BCUT2D eigenvalue weighted by molar-refractivity contribution is -0.124. The van der Waals surface area contributed by atoms with Gasteiger partial charge >= 0.3 is 7.55 Å². The molecule has 0 aromatic carbocycles. The summed E-state index contributed by atoms with van der Waals surface area (Å²) in [5, 5.41) is 2.59. The molecule has 0 aliphatic heterocycles. The molecule has 1 rings (SSSR count). The van der Waals surface area contributed by atoms with Gasteiger partial charge in [-0.1, -0.05) is 25.7 Å². The third-order valence-electron chi connectivity index (χ3n) is 3.88. The highest BCUT2D eigenvalue weighted by Crippen LogP contribution is 2.25. The van der Waals surface area contributed by atoms with Crippen LogP contribution in [0.2, 0.25) is 0 Å². The molecule has 1 saturated carbocycles. The van der Waals surface area contributed by atoms with Gasteiger partial charge in [-0.25, -0.2) is 0 Å². The van der Waals surface area contributed by atoms with Gasteiger partial charge in [-0.05, 0) is 32.6 Å². The zero-order valence-electron chi connectivity index (χ0n) is 11.3. The summed E-state index contributed by atoms with van der Waals surface area (Å²) in [7, 11) is 1.22. The molecule has 0 atom stereocenters. The first-order chi connectivity index (χ1) is 8.65. The standard InChI is InChI=1S/C13H24BN2O2/c1-10(17)11-6-2-4-8-12(9-5-3-7-11)13(18)16-14-15/h11-12H,2-9,15H2,1H3,(H,16,18). The number of amides is 1. The van der Waals surface area contributed by atoms with Crippen LogP contribution in [-0.2, 0) is 9.59 Å². The predicted molar refractivity (Wildman–Crippen MR) is 72.7 cm³/mol. The van der Waals surface area contributed by atoms with Crippen molar-refractivity contribution in [3.63, 3.8) is 0 Å². The SMILES string of the molecule is CC(=O)C1CCCCC(C(=O)N[B]N)CCCC1. The lowest BCUT2D eigenvalue weighted by Crippen LogP contribution is -2.37. The number of Topliss-reactive ketones (excluding diaryl/α,β-unsaturated/α-hetero) is 1. The maximum atomic E-state index is 11.8. The van der Waals surface area contributed by atoms with Crippen molar-refractivity contribution in [2.24, 2.45) is 17.5 Å². The fraction of sp³-hybridized carbons (Fsp3) is 0.846. The Kier molecular flexibility index (Phi) is 7.02. The predicted octanol–water partition coefficient (Wildman–Crippen LogP) is 1.55. The number of carbonyl (C=O) groups is 2. The van der Waals surface area contributed by atoms with Gasteiger partial charge in [0.15, 0.2) is 0 Å². The highest BCUT2D eigenvalue weighted by molar-refractivity contribution is 6.33. The Labute approximate surface area is 110 Å². The minimum Gasteiger partial charge on any atom is -0.388 e. The van der Waals surface area contributed by atoms with E-state index >= 15 is 0 Å². The number of hydrogen-bond donors (Lipinski definition) is 2. The average molecular weight is 251 g/mol. The summed E-state index contributed by atoms with van der Waals surface area (Å²) in [5.41, 5.74) is 5.22. The van der Waals surface area contributed by atoms with Crippen LogP contribution in [-0.4, -0.2) is 19.2 Å². The maximum absolute atomic E-state index is 11.8. The van der Waals surface area contributed by atoms with Gasteiger partial charge in [-0.15, -0.1) is 0 Å². The molecule has 5 heteroatoms. The highest BCUT2D eigenvalue weighted by Gasteiger charge is 2.20. The summed E-state index contributed by atoms with van der Waals surface area (Å²) in [4.78, 5) is 23.2. The molecule has 1 amide bonds. The minimum atomic E-state index is 0.0428. The summed E-state index contributed by atoms with van der Waals surface area (Å²) >= 11 is 0. The van der Waals surface area contributed by atoms with Crippen LogP contribution in [0.15, 0.2) is 0 Å². The molecule has 1 aliphatic carbocycles. The number of ketones is 1. The molecule has 18 heavy (non-hydrogen) atoms. The second-order valence-electron chi connectivity index (χ2n) is 5.25. The van der Waals surface area contributed by atoms with Crippen molar-refractivity contribution >= 4 is 19.2 Å². The highest BCUT2D eigenvalue weighted by atomic mass is 16.1. The Balaban J connectivity index is 2.43. The van der Waals surface area contributed by atoms with Crippen molar-refractivity contribution in [3.8, 4) is 0 Å². The minimum absolute atomic E-state index is 0.0428. The van der Waals surface area contributed by atoms with E-state index in [1.807, 2.05) is 0 Å².